The Morgan fingerprint density at radius 1 is 1.19 bits per heavy atom. The first kappa shape index (κ1) is 13.4. The van der Waals surface area contributed by atoms with Crippen molar-refractivity contribution in [3.63, 3.8) is 0 Å². The van der Waals surface area contributed by atoms with E-state index in [9.17, 15) is 13.2 Å². The summed E-state index contributed by atoms with van der Waals surface area (Å²) in [6, 6.07) is 7.52. The summed E-state index contributed by atoms with van der Waals surface area (Å²) in [4.78, 5) is 3.63. The van der Waals surface area contributed by atoms with Crippen LogP contribution in [0.2, 0.25) is 0 Å². The average Bonchev–Trinajstić information content (AvgIpc) is 2.90. The number of nitrogens with zero attached hydrogens (tertiary/aromatic N) is 3. The fourth-order valence-electron chi connectivity index (χ4n) is 2.03. The topological polar surface area (TPSA) is 39.4 Å². The first-order valence-electron chi connectivity index (χ1n) is 6.07. The maximum absolute atomic E-state index is 13.7. The summed E-state index contributed by atoms with van der Waals surface area (Å²) in [5.74, 6) is -0.881. The molecule has 0 bridgehead atoms. The largest absolute Gasteiger partial charge is 0.494 e. The van der Waals surface area contributed by atoms with Gasteiger partial charge in [0.15, 0.2) is 17.4 Å². The Kier molecular flexibility index (Phi) is 3.25. The van der Waals surface area contributed by atoms with E-state index in [-0.39, 0.29) is 5.75 Å². The SMILES string of the molecule is COc1ccc(-c2ccc3cnc(C(F)F)n3n2)cc1F. The van der Waals surface area contributed by atoms with Crippen molar-refractivity contribution in [1.82, 2.24) is 14.6 Å². The molecule has 0 unspecified atom stereocenters. The van der Waals surface area contributed by atoms with E-state index in [1.165, 1.54) is 25.4 Å². The zero-order valence-electron chi connectivity index (χ0n) is 10.9. The molecule has 0 amide bonds. The molecule has 0 saturated heterocycles. The molecule has 21 heavy (non-hydrogen) atoms. The molecule has 0 N–H and O–H groups in total. The lowest BCUT2D eigenvalue weighted by atomic mass is 10.1. The molecule has 108 valence electrons. The zero-order chi connectivity index (χ0) is 15.0. The van der Waals surface area contributed by atoms with Gasteiger partial charge in [0.2, 0.25) is 0 Å². The number of ether oxygens (including phenoxy) is 1. The maximum Gasteiger partial charge on any atom is 0.297 e. The van der Waals surface area contributed by atoms with E-state index in [0.29, 0.717) is 16.8 Å². The van der Waals surface area contributed by atoms with Gasteiger partial charge in [0.1, 0.15) is 0 Å². The Morgan fingerprint density at radius 3 is 2.67 bits per heavy atom. The van der Waals surface area contributed by atoms with Crippen LogP contribution in [0.15, 0.2) is 36.5 Å². The van der Waals surface area contributed by atoms with E-state index in [0.717, 1.165) is 4.52 Å². The van der Waals surface area contributed by atoms with Crippen LogP contribution in [0.1, 0.15) is 12.2 Å². The van der Waals surface area contributed by atoms with Gasteiger partial charge in [0.05, 0.1) is 24.5 Å². The number of hydrogen-bond donors (Lipinski definition) is 0. The highest BCUT2D eigenvalue weighted by Crippen LogP contribution is 2.25. The minimum absolute atomic E-state index is 0.107. The van der Waals surface area contributed by atoms with Gasteiger partial charge in [-0.15, -0.1) is 0 Å². The minimum atomic E-state index is -2.73. The van der Waals surface area contributed by atoms with Crippen LogP contribution in [0.3, 0.4) is 0 Å². The molecular formula is C14H10F3N3O. The average molecular weight is 293 g/mol. The van der Waals surface area contributed by atoms with Crippen LogP contribution >= 0.6 is 0 Å². The summed E-state index contributed by atoms with van der Waals surface area (Å²) in [5.41, 5.74) is 1.27. The van der Waals surface area contributed by atoms with Gasteiger partial charge in [0.25, 0.3) is 6.43 Å². The van der Waals surface area contributed by atoms with Gasteiger partial charge in [-0.2, -0.15) is 5.10 Å². The second-order valence-corrected chi connectivity index (χ2v) is 4.32. The Hall–Kier alpha value is -2.57. The lowest BCUT2D eigenvalue weighted by molar-refractivity contribution is 0.138. The lowest BCUT2D eigenvalue weighted by Gasteiger charge is -2.06. The molecule has 2 heterocycles. The van der Waals surface area contributed by atoms with Crippen LogP contribution < -0.4 is 4.74 Å². The van der Waals surface area contributed by atoms with Crippen molar-refractivity contribution in [2.24, 2.45) is 0 Å². The van der Waals surface area contributed by atoms with Gasteiger partial charge in [-0.3, -0.25) is 0 Å². The standard InChI is InChI=1S/C14H10F3N3O/c1-21-12-5-2-8(6-10(12)15)11-4-3-9-7-18-14(13(16)17)20(9)19-11/h2-7,13H,1H3. The number of rotatable bonds is 3. The summed E-state index contributed by atoms with van der Waals surface area (Å²) in [6.45, 7) is 0. The second kappa shape index (κ2) is 5.08. The first-order chi connectivity index (χ1) is 10.1. The van der Waals surface area contributed by atoms with Crippen LogP contribution in [-0.4, -0.2) is 21.7 Å². The van der Waals surface area contributed by atoms with Crippen molar-refractivity contribution in [2.75, 3.05) is 7.11 Å². The summed E-state index contributed by atoms with van der Waals surface area (Å²) in [6.07, 6.45) is -1.42. The zero-order valence-corrected chi connectivity index (χ0v) is 10.9. The highest BCUT2D eigenvalue weighted by Gasteiger charge is 2.16. The Morgan fingerprint density at radius 2 is 2.00 bits per heavy atom. The Balaban J connectivity index is 2.12. The number of hydrogen-bond acceptors (Lipinski definition) is 3. The van der Waals surface area contributed by atoms with Gasteiger partial charge in [-0.1, -0.05) is 0 Å². The number of fused-ring (bicyclic) bond motifs is 1. The van der Waals surface area contributed by atoms with E-state index in [1.807, 2.05) is 0 Å². The highest BCUT2D eigenvalue weighted by molar-refractivity contribution is 5.62. The molecule has 4 nitrogen and oxygen atoms in total. The third-order valence-corrected chi connectivity index (χ3v) is 3.05. The molecule has 1 aromatic carbocycles. The molecule has 0 spiro atoms. The van der Waals surface area contributed by atoms with Gasteiger partial charge >= 0.3 is 0 Å². The summed E-state index contributed by atoms with van der Waals surface area (Å²) >= 11 is 0. The number of benzene rings is 1. The molecule has 0 aliphatic carbocycles. The third kappa shape index (κ3) is 2.31. The number of alkyl halides is 2. The van der Waals surface area contributed by atoms with Gasteiger partial charge in [-0.25, -0.2) is 22.7 Å². The van der Waals surface area contributed by atoms with E-state index in [1.54, 1.807) is 18.2 Å². The molecule has 3 rings (SSSR count). The lowest BCUT2D eigenvalue weighted by Crippen LogP contribution is -2.01. The van der Waals surface area contributed by atoms with Crippen molar-refractivity contribution in [2.45, 2.75) is 6.43 Å². The predicted molar refractivity (Wildman–Crippen MR) is 69.9 cm³/mol. The molecule has 0 atom stereocenters. The number of imidazole rings is 1. The fraction of sp³-hybridized carbons (Fsp3) is 0.143. The van der Waals surface area contributed by atoms with Crippen molar-refractivity contribution < 1.29 is 17.9 Å². The Labute approximate surface area is 117 Å². The summed E-state index contributed by atoms with van der Waals surface area (Å²) < 4.78 is 45.3. The molecule has 3 aromatic rings. The maximum atomic E-state index is 13.7. The van der Waals surface area contributed by atoms with Crippen molar-refractivity contribution >= 4 is 5.52 Å². The van der Waals surface area contributed by atoms with Crippen molar-refractivity contribution in [1.29, 1.82) is 0 Å². The summed E-state index contributed by atoms with van der Waals surface area (Å²) in [5, 5.41) is 4.09. The molecular weight excluding hydrogens is 283 g/mol. The van der Waals surface area contributed by atoms with Gasteiger partial charge in [0, 0.05) is 5.56 Å². The first-order valence-corrected chi connectivity index (χ1v) is 6.07. The predicted octanol–water partition coefficient (Wildman–Crippen LogP) is 3.48. The molecule has 0 aliphatic rings. The molecule has 0 saturated carbocycles. The fourth-order valence-corrected chi connectivity index (χ4v) is 2.03. The normalized spacial score (nSPS) is 11.3. The molecule has 0 radical (unpaired) electrons. The Bertz CT molecular complexity index is 801. The number of aromatic nitrogens is 3. The molecule has 0 fully saturated rings. The molecule has 2 aromatic heterocycles. The third-order valence-electron chi connectivity index (χ3n) is 3.05. The van der Waals surface area contributed by atoms with Crippen molar-refractivity contribution in [3.05, 3.63) is 48.2 Å². The summed E-state index contributed by atoms with van der Waals surface area (Å²) in [7, 11) is 1.36. The molecule has 7 heteroatoms. The smallest absolute Gasteiger partial charge is 0.297 e. The van der Waals surface area contributed by atoms with Crippen LogP contribution in [0, 0.1) is 5.82 Å². The van der Waals surface area contributed by atoms with E-state index in [2.05, 4.69) is 10.1 Å². The monoisotopic (exact) mass is 293 g/mol. The van der Waals surface area contributed by atoms with E-state index in [4.69, 9.17) is 4.74 Å². The number of methoxy groups -OCH3 is 1. The van der Waals surface area contributed by atoms with Crippen molar-refractivity contribution in [3.8, 4) is 17.0 Å². The quantitative estimate of drug-likeness (QED) is 0.742. The number of halogens is 3. The second-order valence-electron chi connectivity index (χ2n) is 4.32. The highest BCUT2D eigenvalue weighted by atomic mass is 19.3. The minimum Gasteiger partial charge on any atom is -0.494 e. The van der Waals surface area contributed by atoms with Gasteiger partial charge in [-0.05, 0) is 30.3 Å². The van der Waals surface area contributed by atoms with Crippen LogP contribution in [0.5, 0.6) is 5.75 Å². The van der Waals surface area contributed by atoms with E-state index >= 15 is 0 Å². The van der Waals surface area contributed by atoms with E-state index < -0.39 is 18.1 Å². The van der Waals surface area contributed by atoms with Crippen LogP contribution in [-0.2, 0) is 0 Å². The van der Waals surface area contributed by atoms with Crippen LogP contribution in [0.4, 0.5) is 13.2 Å². The molecule has 0 aliphatic heterocycles. The van der Waals surface area contributed by atoms with Gasteiger partial charge < -0.3 is 4.74 Å². The van der Waals surface area contributed by atoms with Crippen LogP contribution in [0.25, 0.3) is 16.8 Å².